The molecule has 0 unspecified atom stereocenters. The van der Waals surface area contributed by atoms with Gasteiger partial charge in [-0.15, -0.1) is 0 Å². The Kier molecular flexibility index (Phi) is 4.09. The van der Waals surface area contributed by atoms with Crippen LogP contribution in [-0.4, -0.2) is 32.8 Å². The summed E-state index contributed by atoms with van der Waals surface area (Å²) in [5, 5.41) is 8.16. The summed E-state index contributed by atoms with van der Waals surface area (Å²) in [6.07, 6.45) is 5.11. The average molecular weight is 319 g/mol. The third kappa shape index (κ3) is 3.21. The molecule has 0 radical (unpaired) electrons. The predicted molar refractivity (Wildman–Crippen MR) is 94.4 cm³/mol. The normalized spacial score (nSPS) is 17.3. The molecule has 4 rings (SSSR count). The Morgan fingerprint density at radius 1 is 1.17 bits per heavy atom. The van der Waals surface area contributed by atoms with Crippen LogP contribution in [0, 0.1) is 12.8 Å². The number of nitrogens with one attached hydrogen (secondary N) is 1. The van der Waals surface area contributed by atoms with E-state index in [-0.39, 0.29) is 0 Å². The van der Waals surface area contributed by atoms with Gasteiger partial charge in [0.2, 0.25) is 0 Å². The molecule has 3 aromatic rings. The molecule has 5 heteroatoms. The average Bonchev–Trinajstić information content (AvgIpc) is 3.27. The highest BCUT2D eigenvalue weighted by molar-refractivity contribution is 5.69. The molecule has 122 valence electrons. The van der Waals surface area contributed by atoms with Gasteiger partial charge in [-0.2, -0.15) is 5.10 Å². The van der Waals surface area contributed by atoms with Crippen molar-refractivity contribution in [2.24, 2.45) is 5.92 Å². The van der Waals surface area contributed by atoms with Crippen LogP contribution >= 0.6 is 0 Å². The van der Waals surface area contributed by atoms with Crippen molar-refractivity contribution in [2.45, 2.75) is 19.9 Å². The van der Waals surface area contributed by atoms with E-state index in [1.54, 1.807) is 6.20 Å². The summed E-state index contributed by atoms with van der Waals surface area (Å²) >= 11 is 0. The van der Waals surface area contributed by atoms with Gasteiger partial charge in [-0.05, 0) is 50.6 Å². The third-order valence-corrected chi connectivity index (χ3v) is 4.48. The molecule has 2 aromatic heterocycles. The lowest BCUT2D eigenvalue weighted by Crippen LogP contribution is -2.14. The molecule has 3 heterocycles. The highest BCUT2D eigenvalue weighted by Gasteiger charge is 2.15. The summed E-state index contributed by atoms with van der Waals surface area (Å²) in [5.74, 6) is 1.47. The van der Waals surface area contributed by atoms with Gasteiger partial charge in [-0.3, -0.25) is 4.68 Å². The largest absolute Gasteiger partial charge is 0.316 e. The van der Waals surface area contributed by atoms with E-state index in [9.17, 15) is 0 Å². The number of aromatic nitrogens is 4. The molecular weight excluding hydrogens is 298 g/mol. The monoisotopic (exact) mass is 319 g/mol. The van der Waals surface area contributed by atoms with E-state index in [0.717, 1.165) is 48.0 Å². The number of rotatable bonds is 4. The second-order valence-corrected chi connectivity index (χ2v) is 6.35. The Balaban J connectivity index is 1.58. The number of benzene rings is 1. The molecule has 1 aliphatic rings. The first-order valence-electron chi connectivity index (χ1n) is 8.42. The molecule has 1 aliphatic heterocycles. The van der Waals surface area contributed by atoms with Crippen LogP contribution in [0.3, 0.4) is 0 Å². The Morgan fingerprint density at radius 3 is 2.83 bits per heavy atom. The van der Waals surface area contributed by atoms with Crippen molar-refractivity contribution < 1.29 is 0 Å². The molecule has 1 atom stereocenters. The zero-order valence-corrected chi connectivity index (χ0v) is 13.8. The van der Waals surface area contributed by atoms with Gasteiger partial charge in [0.25, 0.3) is 0 Å². The van der Waals surface area contributed by atoms with E-state index < -0.39 is 0 Å². The maximum absolute atomic E-state index is 4.75. The first kappa shape index (κ1) is 15.0. The van der Waals surface area contributed by atoms with Gasteiger partial charge in [0.05, 0.1) is 11.4 Å². The first-order chi connectivity index (χ1) is 11.8. The number of aryl methyl sites for hydroxylation is 1. The third-order valence-electron chi connectivity index (χ3n) is 4.48. The topological polar surface area (TPSA) is 55.6 Å². The summed E-state index contributed by atoms with van der Waals surface area (Å²) in [4.78, 5) is 8.67. The SMILES string of the molecule is Cc1nccc(-c2cccc(-c3ccn(C[C@H]4CCNC4)n3)c2)n1. The molecule has 1 fully saturated rings. The Bertz CT molecular complexity index is 833. The molecule has 1 N–H and O–H groups in total. The van der Waals surface area contributed by atoms with Crippen LogP contribution < -0.4 is 5.32 Å². The number of nitrogens with zero attached hydrogens (tertiary/aromatic N) is 4. The second kappa shape index (κ2) is 6.53. The Morgan fingerprint density at radius 2 is 2.04 bits per heavy atom. The summed E-state index contributed by atoms with van der Waals surface area (Å²) in [7, 11) is 0. The Labute approximate surface area is 141 Å². The number of hydrogen-bond donors (Lipinski definition) is 1. The van der Waals surface area contributed by atoms with Crippen LogP contribution in [-0.2, 0) is 6.54 Å². The molecule has 5 nitrogen and oxygen atoms in total. The maximum Gasteiger partial charge on any atom is 0.125 e. The molecule has 0 spiro atoms. The summed E-state index contributed by atoms with van der Waals surface area (Å²) in [6.45, 7) is 5.11. The van der Waals surface area contributed by atoms with Crippen molar-refractivity contribution in [1.29, 1.82) is 0 Å². The van der Waals surface area contributed by atoms with Crippen LogP contribution in [0.15, 0.2) is 48.8 Å². The summed E-state index contributed by atoms with van der Waals surface area (Å²) in [5.41, 5.74) is 4.16. The van der Waals surface area contributed by atoms with Crippen molar-refractivity contribution >= 4 is 0 Å². The fraction of sp³-hybridized carbons (Fsp3) is 0.316. The molecule has 0 aliphatic carbocycles. The molecule has 1 saturated heterocycles. The standard InChI is InChI=1S/C19H21N5/c1-14-21-9-6-18(22-14)16-3-2-4-17(11-16)19-7-10-24(23-19)13-15-5-8-20-12-15/h2-4,6-7,9-11,15,20H,5,8,12-13H2,1H3/t15-/m0/s1. The lowest BCUT2D eigenvalue weighted by Gasteiger charge is -2.08. The van der Waals surface area contributed by atoms with Crippen LogP contribution in [0.1, 0.15) is 12.2 Å². The van der Waals surface area contributed by atoms with E-state index >= 15 is 0 Å². The van der Waals surface area contributed by atoms with E-state index in [1.165, 1.54) is 6.42 Å². The minimum absolute atomic E-state index is 0.688. The van der Waals surface area contributed by atoms with Crippen molar-refractivity contribution in [3.05, 3.63) is 54.6 Å². The smallest absolute Gasteiger partial charge is 0.125 e. The fourth-order valence-corrected chi connectivity index (χ4v) is 3.21. The van der Waals surface area contributed by atoms with Gasteiger partial charge >= 0.3 is 0 Å². The molecule has 0 amide bonds. The highest BCUT2D eigenvalue weighted by atomic mass is 15.3. The van der Waals surface area contributed by atoms with Gasteiger partial charge in [0.1, 0.15) is 5.82 Å². The number of hydrogen-bond acceptors (Lipinski definition) is 4. The van der Waals surface area contributed by atoms with Crippen LogP contribution in [0.5, 0.6) is 0 Å². The molecule has 1 aromatic carbocycles. The van der Waals surface area contributed by atoms with Gasteiger partial charge in [0, 0.05) is 30.1 Å². The highest BCUT2D eigenvalue weighted by Crippen LogP contribution is 2.24. The zero-order valence-electron chi connectivity index (χ0n) is 13.8. The van der Waals surface area contributed by atoms with E-state index in [0.29, 0.717) is 5.92 Å². The first-order valence-corrected chi connectivity index (χ1v) is 8.42. The fourth-order valence-electron chi connectivity index (χ4n) is 3.21. The van der Waals surface area contributed by atoms with Crippen molar-refractivity contribution in [1.82, 2.24) is 25.1 Å². The zero-order chi connectivity index (χ0) is 16.4. The maximum atomic E-state index is 4.75. The van der Waals surface area contributed by atoms with Crippen molar-refractivity contribution in [3.8, 4) is 22.5 Å². The van der Waals surface area contributed by atoms with E-state index in [4.69, 9.17) is 5.10 Å². The van der Waals surface area contributed by atoms with Gasteiger partial charge in [-0.25, -0.2) is 9.97 Å². The van der Waals surface area contributed by atoms with Gasteiger partial charge < -0.3 is 5.32 Å². The minimum Gasteiger partial charge on any atom is -0.316 e. The van der Waals surface area contributed by atoms with Crippen LogP contribution in [0.25, 0.3) is 22.5 Å². The molecule has 0 saturated carbocycles. The summed E-state index contributed by atoms with van der Waals surface area (Å²) < 4.78 is 2.06. The Hall–Kier alpha value is -2.53. The lowest BCUT2D eigenvalue weighted by atomic mass is 10.1. The van der Waals surface area contributed by atoms with Crippen molar-refractivity contribution in [3.63, 3.8) is 0 Å². The lowest BCUT2D eigenvalue weighted by molar-refractivity contribution is 0.450. The van der Waals surface area contributed by atoms with Gasteiger partial charge in [0.15, 0.2) is 0 Å². The quantitative estimate of drug-likeness (QED) is 0.803. The molecule has 0 bridgehead atoms. The van der Waals surface area contributed by atoms with Crippen molar-refractivity contribution in [2.75, 3.05) is 13.1 Å². The van der Waals surface area contributed by atoms with E-state index in [2.05, 4.69) is 56.5 Å². The molecule has 24 heavy (non-hydrogen) atoms. The van der Waals surface area contributed by atoms with Gasteiger partial charge in [-0.1, -0.05) is 18.2 Å². The second-order valence-electron chi connectivity index (χ2n) is 6.35. The van der Waals surface area contributed by atoms with E-state index in [1.807, 2.05) is 13.0 Å². The van der Waals surface area contributed by atoms with Crippen LogP contribution in [0.2, 0.25) is 0 Å². The molecular formula is C19H21N5. The minimum atomic E-state index is 0.688. The van der Waals surface area contributed by atoms with Crippen LogP contribution in [0.4, 0.5) is 0 Å². The summed E-state index contributed by atoms with van der Waals surface area (Å²) in [6, 6.07) is 12.4. The predicted octanol–water partition coefficient (Wildman–Crippen LogP) is 2.93.